The van der Waals surface area contributed by atoms with Crippen LogP contribution in [0, 0.1) is 5.92 Å². The van der Waals surface area contributed by atoms with Gasteiger partial charge in [-0.1, -0.05) is 6.92 Å². The summed E-state index contributed by atoms with van der Waals surface area (Å²) < 4.78 is 0. The predicted molar refractivity (Wildman–Crippen MR) is 78.1 cm³/mol. The zero-order valence-electron chi connectivity index (χ0n) is 12.7. The first-order chi connectivity index (χ1) is 9.13. The second-order valence-electron chi connectivity index (χ2n) is 6.11. The Hall–Kier alpha value is -0.610. The number of carbonyl (C=O) groups excluding carboxylic acids is 1. The van der Waals surface area contributed by atoms with Gasteiger partial charge in [0, 0.05) is 32.2 Å². The lowest BCUT2D eigenvalue weighted by molar-refractivity contribution is -0.138. The summed E-state index contributed by atoms with van der Waals surface area (Å²) in [6, 6.07) is 0.781. The van der Waals surface area contributed by atoms with Crippen molar-refractivity contribution in [3.8, 4) is 0 Å². The molecule has 0 aromatic rings. The van der Waals surface area contributed by atoms with Crippen molar-refractivity contribution in [3.63, 3.8) is 0 Å². The van der Waals surface area contributed by atoms with E-state index in [-0.39, 0.29) is 5.92 Å². The van der Waals surface area contributed by atoms with Crippen molar-refractivity contribution in [2.45, 2.75) is 51.6 Å². The summed E-state index contributed by atoms with van der Waals surface area (Å²) in [6.45, 7) is 8.83. The third-order valence-corrected chi connectivity index (χ3v) is 4.98. The Labute approximate surface area is 117 Å². The van der Waals surface area contributed by atoms with Gasteiger partial charge in [0.15, 0.2) is 0 Å². The molecular formula is C15H29N3O. The van der Waals surface area contributed by atoms with Crippen LogP contribution in [0.2, 0.25) is 0 Å². The molecule has 2 aliphatic rings. The van der Waals surface area contributed by atoms with Crippen LogP contribution in [-0.2, 0) is 4.79 Å². The normalized spacial score (nSPS) is 30.3. The molecule has 0 radical (unpaired) electrons. The van der Waals surface area contributed by atoms with Crippen molar-refractivity contribution in [2.24, 2.45) is 5.92 Å². The highest BCUT2D eigenvalue weighted by atomic mass is 16.2. The fourth-order valence-corrected chi connectivity index (χ4v) is 3.45. The highest BCUT2D eigenvalue weighted by molar-refractivity contribution is 5.79. The summed E-state index contributed by atoms with van der Waals surface area (Å²) >= 11 is 0. The van der Waals surface area contributed by atoms with E-state index in [9.17, 15) is 4.79 Å². The molecule has 4 nitrogen and oxygen atoms in total. The second-order valence-corrected chi connectivity index (χ2v) is 6.11. The number of rotatable bonds is 3. The summed E-state index contributed by atoms with van der Waals surface area (Å²) in [6.07, 6.45) is 4.43. The lowest BCUT2D eigenvalue weighted by Crippen LogP contribution is -2.52. The SMILES string of the molecule is CCN1CCC(N(C)C(=O)C2CCCNC2C)CC1. The van der Waals surface area contributed by atoms with Crippen LogP contribution >= 0.6 is 0 Å². The first kappa shape index (κ1) is 14.8. The van der Waals surface area contributed by atoms with E-state index in [1.807, 2.05) is 11.9 Å². The van der Waals surface area contributed by atoms with Crippen LogP contribution in [0.15, 0.2) is 0 Å². The number of likely N-dealkylation sites (tertiary alicyclic amines) is 1. The number of piperidine rings is 2. The predicted octanol–water partition coefficient (Wildman–Crippen LogP) is 1.32. The topological polar surface area (TPSA) is 35.6 Å². The molecule has 0 aromatic heterocycles. The van der Waals surface area contributed by atoms with Crippen molar-refractivity contribution in [2.75, 3.05) is 33.2 Å². The van der Waals surface area contributed by atoms with Crippen molar-refractivity contribution in [1.29, 1.82) is 0 Å². The molecule has 1 N–H and O–H groups in total. The van der Waals surface area contributed by atoms with Gasteiger partial charge in [0.25, 0.3) is 0 Å². The maximum Gasteiger partial charge on any atom is 0.227 e. The molecule has 2 heterocycles. The van der Waals surface area contributed by atoms with Crippen LogP contribution in [0.5, 0.6) is 0 Å². The number of nitrogens with zero attached hydrogens (tertiary/aromatic N) is 2. The summed E-state index contributed by atoms with van der Waals surface area (Å²) in [4.78, 5) is 17.1. The molecule has 2 fully saturated rings. The first-order valence-electron chi connectivity index (χ1n) is 7.86. The highest BCUT2D eigenvalue weighted by Gasteiger charge is 2.33. The van der Waals surface area contributed by atoms with Gasteiger partial charge in [-0.25, -0.2) is 0 Å². The number of hydrogen-bond donors (Lipinski definition) is 1. The van der Waals surface area contributed by atoms with E-state index in [1.165, 1.54) is 0 Å². The van der Waals surface area contributed by atoms with Gasteiger partial charge in [-0.2, -0.15) is 0 Å². The smallest absolute Gasteiger partial charge is 0.227 e. The van der Waals surface area contributed by atoms with Crippen LogP contribution in [0.1, 0.15) is 39.5 Å². The van der Waals surface area contributed by atoms with Crippen molar-refractivity contribution in [1.82, 2.24) is 15.1 Å². The van der Waals surface area contributed by atoms with Crippen molar-refractivity contribution in [3.05, 3.63) is 0 Å². The zero-order chi connectivity index (χ0) is 13.8. The maximum absolute atomic E-state index is 12.6. The molecule has 0 bridgehead atoms. The van der Waals surface area contributed by atoms with E-state index < -0.39 is 0 Å². The fourth-order valence-electron chi connectivity index (χ4n) is 3.45. The van der Waals surface area contributed by atoms with Crippen LogP contribution in [0.25, 0.3) is 0 Å². The zero-order valence-corrected chi connectivity index (χ0v) is 12.7. The molecule has 0 aromatic carbocycles. The van der Waals surface area contributed by atoms with E-state index in [4.69, 9.17) is 0 Å². The molecule has 2 unspecified atom stereocenters. The summed E-state index contributed by atoms with van der Waals surface area (Å²) in [7, 11) is 2.01. The van der Waals surface area contributed by atoms with E-state index in [0.717, 1.165) is 51.9 Å². The molecule has 2 rings (SSSR count). The Morgan fingerprint density at radius 1 is 1.32 bits per heavy atom. The first-order valence-corrected chi connectivity index (χ1v) is 7.86. The molecule has 1 amide bonds. The Morgan fingerprint density at radius 3 is 2.58 bits per heavy atom. The largest absolute Gasteiger partial charge is 0.342 e. The average molecular weight is 267 g/mol. The third-order valence-electron chi connectivity index (χ3n) is 4.98. The maximum atomic E-state index is 12.6. The molecule has 0 saturated carbocycles. The van der Waals surface area contributed by atoms with Crippen molar-refractivity contribution < 1.29 is 4.79 Å². The Balaban J connectivity index is 1.88. The molecular weight excluding hydrogens is 238 g/mol. The minimum absolute atomic E-state index is 0.183. The lowest BCUT2D eigenvalue weighted by Gasteiger charge is -2.39. The van der Waals surface area contributed by atoms with Crippen LogP contribution in [0.3, 0.4) is 0 Å². The van der Waals surface area contributed by atoms with E-state index in [2.05, 4.69) is 24.1 Å². The van der Waals surface area contributed by atoms with Gasteiger partial charge in [-0.3, -0.25) is 4.79 Å². The summed E-state index contributed by atoms with van der Waals surface area (Å²) in [5.41, 5.74) is 0. The van der Waals surface area contributed by atoms with Crippen LogP contribution < -0.4 is 5.32 Å². The monoisotopic (exact) mass is 267 g/mol. The van der Waals surface area contributed by atoms with Crippen LogP contribution in [-0.4, -0.2) is 61.0 Å². The molecule has 2 atom stereocenters. The fraction of sp³-hybridized carbons (Fsp3) is 0.933. The highest BCUT2D eigenvalue weighted by Crippen LogP contribution is 2.22. The third kappa shape index (κ3) is 3.48. The number of nitrogens with one attached hydrogen (secondary N) is 1. The van der Waals surface area contributed by atoms with E-state index >= 15 is 0 Å². The van der Waals surface area contributed by atoms with E-state index in [0.29, 0.717) is 18.0 Å². The van der Waals surface area contributed by atoms with Crippen molar-refractivity contribution >= 4 is 5.91 Å². The van der Waals surface area contributed by atoms with Gasteiger partial charge in [0.2, 0.25) is 5.91 Å². The molecule has 110 valence electrons. The molecule has 2 saturated heterocycles. The Bertz CT molecular complexity index is 300. The lowest BCUT2D eigenvalue weighted by atomic mass is 9.89. The van der Waals surface area contributed by atoms with Gasteiger partial charge in [0.05, 0.1) is 5.92 Å². The average Bonchev–Trinajstić information content (AvgIpc) is 2.46. The molecule has 2 aliphatic heterocycles. The van der Waals surface area contributed by atoms with Crippen LogP contribution in [0.4, 0.5) is 0 Å². The minimum atomic E-state index is 0.183. The summed E-state index contributed by atoms with van der Waals surface area (Å²) in [5, 5.41) is 3.43. The molecule has 0 spiro atoms. The Kier molecular flexibility index (Phi) is 5.22. The van der Waals surface area contributed by atoms with Gasteiger partial charge in [0.1, 0.15) is 0 Å². The standard InChI is InChI=1S/C15H29N3O/c1-4-18-10-7-13(8-11-18)17(3)15(19)14-6-5-9-16-12(14)2/h12-14,16H,4-11H2,1-3H3. The van der Waals surface area contributed by atoms with Gasteiger partial charge in [-0.05, 0) is 45.7 Å². The Morgan fingerprint density at radius 2 is 2.00 bits per heavy atom. The summed E-state index contributed by atoms with van der Waals surface area (Å²) in [5.74, 6) is 0.539. The molecule has 0 aliphatic carbocycles. The number of carbonyl (C=O) groups is 1. The van der Waals surface area contributed by atoms with Gasteiger partial charge >= 0.3 is 0 Å². The van der Waals surface area contributed by atoms with Gasteiger partial charge in [-0.15, -0.1) is 0 Å². The number of amides is 1. The number of hydrogen-bond acceptors (Lipinski definition) is 3. The molecule has 19 heavy (non-hydrogen) atoms. The minimum Gasteiger partial charge on any atom is -0.342 e. The van der Waals surface area contributed by atoms with E-state index in [1.54, 1.807) is 0 Å². The quantitative estimate of drug-likeness (QED) is 0.837. The van der Waals surface area contributed by atoms with Gasteiger partial charge < -0.3 is 15.1 Å². The second kappa shape index (κ2) is 6.71. The molecule has 4 heteroatoms.